The van der Waals surface area contributed by atoms with Crippen molar-refractivity contribution in [3.8, 4) is 11.6 Å². The first-order valence-corrected chi connectivity index (χ1v) is 6.91. The quantitative estimate of drug-likeness (QED) is 0.659. The monoisotopic (exact) mass is 350 g/mol. The van der Waals surface area contributed by atoms with Gasteiger partial charge in [0.1, 0.15) is 11.4 Å². The Bertz CT molecular complexity index is 801. The van der Waals surface area contributed by atoms with Crippen LogP contribution >= 0.6 is 27.5 Å². The van der Waals surface area contributed by atoms with Crippen LogP contribution in [0.25, 0.3) is 5.65 Å². The summed E-state index contributed by atoms with van der Waals surface area (Å²) in [5.74, 6) is 0.666. The van der Waals surface area contributed by atoms with Crippen molar-refractivity contribution in [2.45, 2.75) is 0 Å². The second-order valence-corrected chi connectivity index (χ2v) is 5.35. The van der Waals surface area contributed by atoms with Crippen molar-refractivity contribution in [2.75, 3.05) is 0 Å². The lowest BCUT2D eigenvalue weighted by atomic mass is 10.3. The van der Waals surface area contributed by atoms with Gasteiger partial charge in [-0.15, -0.1) is 0 Å². The van der Waals surface area contributed by atoms with E-state index in [1.54, 1.807) is 34.9 Å². The van der Waals surface area contributed by atoms with Gasteiger partial charge in [0.15, 0.2) is 12.0 Å². The molecule has 4 nitrogen and oxygen atoms in total. The number of nitrogens with zero attached hydrogens (tertiary/aromatic N) is 2. The second kappa shape index (κ2) is 5.26. The van der Waals surface area contributed by atoms with E-state index in [4.69, 9.17) is 16.3 Å². The first kappa shape index (κ1) is 13.1. The van der Waals surface area contributed by atoms with Crippen LogP contribution in [-0.4, -0.2) is 15.7 Å². The lowest BCUT2D eigenvalue weighted by Gasteiger charge is -2.05. The summed E-state index contributed by atoms with van der Waals surface area (Å²) in [5, 5.41) is 0.446. The van der Waals surface area contributed by atoms with Gasteiger partial charge in [-0.05, 0) is 30.3 Å². The minimum Gasteiger partial charge on any atom is -0.435 e. The maximum Gasteiger partial charge on any atom is 0.249 e. The van der Waals surface area contributed by atoms with Gasteiger partial charge in [0.2, 0.25) is 5.88 Å². The van der Waals surface area contributed by atoms with Crippen LogP contribution in [0.5, 0.6) is 11.6 Å². The van der Waals surface area contributed by atoms with Gasteiger partial charge in [0, 0.05) is 10.7 Å². The van der Waals surface area contributed by atoms with Crippen molar-refractivity contribution in [1.82, 2.24) is 9.38 Å². The fourth-order valence-electron chi connectivity index (χ4n) is 1.84. The Labute approximate surface area is 128 Å². The maximum absolute atomic E-state index is 11.3. The van der Waals surface area contributed by atoms with Crippen LogP contribution in [0.2, 0.25) is 5.02 Å². The Kier molecular flexibility index (Phi) is 3.46. The number of ether oxygens (including phenoxy) is 1. The molecular formula is C14H8BrClN2O2. The second-order valence-electron chi connectivity index (χ2n) is 4.03. The van der Waals surface area contributed by atoms with Crippen molar-refractivity contribution in [1.29, 1.82) is 0 Å². The Hall–Kier alpha value is -1.85. The first-order valence-electron chi connectivity index (χ1n) is 5.74. The largest absolute Gasteiger partial charge is 0.435 e. The number of benzene rings is 1. The predicted octanol–water partition coefficient (Wildman–Crippen LogP) is 4.36. The molecule has 3 rings (SSSR count). The average molecular weight is 352 g/mol. The molecule has 0 fully saturated rings. The maximum atomic E-state index is 11.3. The highest BCUT2D eigenvalue weighted by molar-refractivity contribution is 9.10. The van der Waals surface area contributed by atoms with Crippen LogP contribution in [0.3, 0.4) is 0 Å². The fraction of sp³-hybridized carbons (Fsp3) is 0. The van der Waals surface area contributed by atoms with Gasteiger partial charge in [0.05, 0.1) is 5.02 Å². The summed E-state index contributed by atoms with van der Waals surface area (Å²) in [6, 6.07) is 10.7. The van der Waals surface area contributed by atoms with Crippen molar-refractivity contribution in [2.24, 2.45) is 0 Å². The third kappa shape index (κ3) is 2.30. The molecule has 0 aliphatic heterocycles. The van der Waals surface area contributed by atoms with E-state index in [9.17, 15) is 4.79 Å². The Balaban J connectivity index is 2.10. The van der Waals surface area contributed by atoms with E-state index in [2.05, 4.69) is 20.9 Å². The molecule has 20 heavy (non-hydrogen) atoms. The zero-order valence-electron chi connectivity index (χ0n) is 10.1. The number of hydrogen-bond donors (Lipinski definition) is 0. The smallest absolute Gasteiger partial charge is 0.249 e. The Morgan fingerprint density at radius 2 is 2.15 bits per heavy atom. The van der Waals surface area contributed by atoms with Gasteiger partial charge < -0.3 is 4.74 Å². The third-order valence-corrected chi connectivity index (χ3v) is 3.55. The van der Waals surface area contributed by atoms with Gasteiger partial charge in [-0.2, -0.15) is 4.98 Å². The number of fused-ring (bicyclic) bond motifs is 1. The zero-order chi connectivity index (χ0) is 14.1. The highest BCUT2D eigenvalue weighted by Gasteiger charge is 2.14. The van der Waals surface area contributed by atoms with Crippen LogP contribution in [0.15, 0.2) is 47.1 Å². The van der Waals surface area contributed by atoms with Crippen LogP contribution in [0.4, 0.5) is 0 Å². The number of aromatic nitrogens is 2. The molecule has 6 heteroatoms. The highest BCUT2D eigenvalue weighted by Crippen LogP contribution is 2.33. The van der Waals surface area contributed by atoms with Crippen LogP contribution < -0.4 is 4.74 Å². The van der Waals surface area contributed by atoms with Crippen LogP contribution in [0, 0.1) is 0 Å². The Morgan fingerprint density at radius 1 is 1.30 bits per heavy atom. The van der Waals surface area contributed by atoms with Gasteiger partial charge in [0.25, 0.3) is 0 Å². The minimum atomic E-state index is 0.228. The normalized spacial score (nSPS) is 10.7. The number of hydrogen-bond acceptors (Lipinski definition) is 3. The topological polar surface area (TPSA) is 43.6 Å². The van der Waals surface area contributed by atoms with E-state index in [1.165, 1.54) is 0 Å². The first-order chi connectivity index (χ1) is 9.69. The number of halogens is 2. The average Bonchev–Trinajstić information content (AvgIpc) is 2.80. The molecular weight excluding hydrogens is 344 g/mol. The molecule has 0 N–H and O–H groups in total. The third-order valence-electron chi connectivity index (χ3n) is 2.74. The molecule has 0 saturated heterocycles. The molecule has 0 aliphatic rings. The zero-order valence-corrected chi connectivity index (χ0v) is 12.4. The summed E-state index contributed by atoms with van der Waals surface area (Å²) < 4.78 is 8.16. The summed E-state index contributed by atoms with van der Waals surface area (Å²) in [5.41, 5.74) is 0.979. The lowest BCUT2D eigenvalue weighted by Crippen LogP contribution is -1.93. The number of rotatable bonds is 3. The summed E-state index contributed by atoms with van der Waals surface area (Å²) >= 11 is 9.42. The van der Waals surface area contributed by atoms with Gasteiger partial charge in [-0.1, -0.05) is 33.6 Å². The van der Waals surface area contributed by atoms with E-state index in [-0.39, 0.29) is 5.88 Å². The molecule has 100 valence electrons. The minimum absolute atomic E-state index is 0.228. The number of pyridine rings is 1. The molecule has 0 spiro atoms. The van der Waals surface area contributed by atoms with E-state index in [0.717, 1.165) is 4.47 Å². The molecule has 1 aromatic carbocycles. The Morgan fingerprint density at radius 3 is 2.95 bits per heavy atom. The number of carbonyl (C=O) groups is 1. The molecule has 0 unspecified atom stereocenters. The van der Waals surface area contributed by atoms with Gasteiger partial charge in [-0.3, -0.25) is 9.20 Å². The summed E-state index contributed by atoms with van der Waals surface area (Å²) in [7, 11) is 0. The fourth-order valence-corrected chi connectivity index (χ4v) is 2.33. The van der Waals surface area contributed by atoms with Crippen molar-refractivity contribution < 1.29 is 9.53 Å². The SMILES string of the molecule is O=Cc1c(Oc2cc(Br)ccc2Cl)nc2ccccn12. The van der Waals surface area contributed by atoms with E-state index >= 15 is 0 Å². The summed E-state index contributed by atoms with van der Waals surface area (Å²) in [6.07, 6.45) is 2.46. The predicted molar refractivity (Wildman–Crippen MR) is 79.8 cm³/mol. The molecule has 2 heterocycles. The van der Waals surface area contributed by atoms with Crippen molar-refractivity contribution >= 4 is 39.5 Å². The summed E-state index contributed by atoms with van der Waals surface area (Å²) in [4.78, 5) is 15.5. The highest BCUT2D eigenvalue weighted by atomic mass is 79.9. The van der Waals surface area contributed by atoms with E-state index in [1.807, 2.05) is 12.1 Å². The van der Waals surface area contributed by atoms with Crippen LogP contribution in [-0.2, 0) is 0 Å². The number of carbonyl (C=O) groups excluding carboxylic acids is 1. The van der Waals surface area contributed by atoms with Crippen molar-refractivity contribution in [3.63, 3.8) is 0 Å². The van der Waals surface area contributed by atoms with E-state index < -0.39 is 0 Å². The molecule has 0 aliphatic carbocycles. The molecule has 2 aromatic heterocycles. The van der Waals surface area contributed by atoms with Gasteiger partial charge in [-0.25, -0.2) is 0 Å². The standard InChI is InChI=1S/C14H8BrClN2O2/c15-9-4-5-10(16)12(7-9)20-14-11(8-19)18-6-2-1-3-13(18)17-14/h1-8H. The molecule has 0 amide bonds. The van der Waals surface area contributed by atoms with Gasteiger partial charge >= 0.3 is 0 Å². The molecule has 0 radical (unpaired) electrons. The van der Waals surface area contributed by atoms with E-state index in [0.29, 0.717) is 28.4 Å². The molecule has 0 atom stereocenters. The number of aldehydes is 1. The van der Waals surface area contributed by atoms with Crippen LogP contribution in [0.1, 0.15) is 10.5 Å². The molecule has 3 aromatic rings. The molecule has 0 bridgehead atoms. The van der Waals surface area contributed by atoms with Crippen molar-refractivity contribution in [3.05, 3.63) is 57.8 Å². The number of imidazole rings is 1. The molecule has 0 saturated carbocycles. The lowest BCUT2D eigenvalue weighted by molar-refractivity contribution is 0.111. The summed E-state index contributed by atoms with van der Waals surface area (Å²) in [6.45, 7) is 0.